The number of hydrogen-bond donors (Lipinski definition) is 0. The quantitative estimate of drug-likeness (QED) is 0.178. The average molecular weight is 791 g/mol. The van der Waals surface area contributed by atoms with E-state index in [0.717, 1.165) is 22.4 Å². The van der Waals surface area contributed by atoms with Gasteiger partial charge in [0.1, 0.15) is 0 Å². The smallest absolute Gasteiger partial charge is 0.164 e. The number of benzene rings is 7. The van der Waals surface area contributed by atoms with Crippen molar-refractivity contribution in [2.75, 3.05) is 0 Å². The Balaban J connectivity index is 1.10. The van der Waals surface area contributed by atoms with E-state index in [-0.39, 0.29) is 21.7 Å². The highest BCUT2D eigenvalue weighted by molar-refractivity contribution is 6.11. The zero-order valence-electron chi connectivity index (χ0n) is 36.3. The zero-order valence-corrected chi connectivity index (χ0v) is 36.3. The first-order valence-corrected chi connectivity index (χ1v) is 21.6. The van der Waals surface area contributed by atoms with Gasteiger partial charge < -0.3 is 4.57 Å². The fourth-order valence-corrected chi connectivity index (χ4v) is 10.5. The van der Waals surface area contributed by atoms with E-state index in [4.69, 9.17) is 15.0 Å². The molecule has 0 amide bonds. The molecule has 0 aliphatic heterocycles. The minimum Gasteiger partial charge on any atom is -0.309 e. The number of para-hydroxylation sites is 1. The third kappa shape index (κ3) is 5.27. The Morgan fingerprint density at radius 2 is 0.820 bits per heavy atom. The Labute approximate surface area is 359 Å². The maximum Gasteiger partial charge on any atom is 0.164 e. The fraction of sp³-hybridized carbons (Fsp3) is 0.211. The van der Waals surface area contributed by atoms with Gasteiger partial charge in [0.05, 0.1) is 11.0 Å². The first-order chi connectivity index (χ1) is 29.3. The average Bonchev–Trinajstić information content (AvgIpc) is 3.61. The number of fused-ring (bicyclic) bond motifs is 9. The molecule has 2 aromatic heterocycles. The molecule has 9 aromatic rings. The Morgan fingerprint density at radius 3 is 1.49 bits per heavy atom. The highest BCUT2D eigenvalue weighted by atomic mass is 15.0. The van der Waals surface area contributed by atoms with Crippen molar-refractivity contribution in [3.05, 3.63) is 180 Å². The van der Waals surface area contributed by atoms with Crippen LogP contribution in [0.1, 0.15) is 77.6 Å². The van der Waals surface area contributed by atoms with Crippen LogP contribution in [0.15, 0.2) is 158 Å². The molecule has 0 saturated heterocycles. The maximum atomic E-state index is 5.30. The molecule has 0 saturated carbocycles. The predicted molar refractivity (Wildman–Crippen MR) is 253 cm³/mol. The standard InChI is InChI=1S/C57H50N4/c1-54(2)45-26-15-12-23-39(45)41-30-29-37(32-47(41)56(54,5)6)53-59-51(35-19-10-9-11-20-35)58-52(60-53)36-21-18-22-38(31-36)61-49-28-17-14-25-42(49)44-33-48-43(34-50(44)61)40-24-13-16-27-46(40)55(3,4)57(48,7)8/h9-34H,1-8H3. The maximum absolute atomic E-state index is 5.30. The molecule has 0 unspecified atom stereocenters. The van der Waals surface area contributed by atoms with Crippen LogP contribution in [0, 0.1) is 0 Å². The Bertz CT molecular complexity index is 3250. The van der Waals surface area contributed by atoms with Crippen LogP contribution in [0.2, 0.25) is 0 Å². The molecule has 0 spiro atoms. The molecule has 0 radical (unpaired) electrons. The second-order valence-corrected chi connectivity index (χ2v) is 19.3. The van der Waals surface area contributed by atoms with E-state index in [1.165, 1.54) is 66.3 Å². The third-order valence-electron chi connectivity index (χ3n) is 15.4. The highest BCUT2D eigenvalue weighted by Gasteiger charge is 2.47. The summed E-state index contributed by atoms with van der Waals surface area (Å²) in [5, 5.41) is 2.51. The van der Waals surface area contributed by atoms with E-state index in [2.05, 4.69) is 199 Å². The molecule has 4 heteroatoms. The van der Waals surface area contributed by atoms with Crippen LogP contribution >= 0.6 is 0 Å². The Kier molecular flexibility index (Phi) is 7.92. The van der Waals surface area contributed by atoms with Crippen molar-refractivity contribution >= 4 is 21.8 Å². The zero-order chi connectivity index (χ0) is 42.1. The normalized spacial score (nSPS) is 16.4. The minimum absolute atomic E-state index is 0.0453. The largest absolute Gasteiger partial charge is 0.309 e. The molecule has 2 aliphatic rings. The van der Waals surface area contributed by atoms with Crippen molar-refractivity contribution in [3.63, 3.8) is 0 Å². The van der Waals surface area contributed by atoms with Gasteiger partial charge >= 0.3 is 0 Å². The van der Waals surface area contributed by atoms with Crippen LogP contribution < -0.4 is 0 Å². The van der Waals surface area contributed by atoms with Gasteiger partial charge in [-0.25, -0.2) is 15.0 Å². The predicted octanol–water partition coefficient (Wildman–Crippen LogP) is 14.4. The van der Waals surface area contributed by atoms with Crippen LogP contribution in [-0.2, 0) is 21.7 Å². The van der Waals surface area contributed by atoms with Gasteiger partial charge in [0.25, 0.3) is 0 Å². The second-order valence-electron chi connectivity index (χ2n) is 19.3. The molecule has 0 bridgehead atoms. The van der Waals surface area contributed by atoms with Gasteiger partial charge in [-0.1, -0.05) is 177 Å². The van der Waals surface area contributed by atoms with Crippen molar-refractivity contribution in [2.24, 2.45) is 0 Å². The minimum atomic E-state index is -0.144. The summed E-state index contributed by atoms with van der Waals surface area (Å²) < 4.78 is 2.43. The molecule has 298 valence electrons. The van der Waals surface area contributed by atoms with E-state index >= 15 is 0 Å². The lowest BCUT2D eigenvalue weighted by atomic mass is 9.55. The summed E-state index contributed by atoms with van der Waals surface area (Å²) in [6.07, 6.45) is 0. The second kappa shape index (κ2) is 12.9. The van der Waals surface area contributed by atoms with Crippen LogP contribution in [0.3, 0.4) is 0 Å². The molecule has 4 nitrogen and oxygen atoms in total. The molecular formula is C57H50N4. The van der Waals surface area contributed by atoms with Gasteiger partial charge in [0.2, 0.25) is 0 Å². The van der Waals surface area contributed by atoms with Gasteiger partial charge in [0, 0.05) is 33.2 Å². The summed E-state index contributed by atoms with van der Waals surface area (Å²) in [6, 6.07) is 57.4. The van der Waals surface area contributed by atoms with E-state index in [1.54, 1.807) is 0 Å². The molecule has 61 heavy (non-hydrogen) atoms. The fourth-order valence-electron chi connectivity index (χ4n) is 10.5. The molecule has 0 fully saturated rings. The van der Waals surface area contributed by atoms with E-state index in [0.29, 0.717) is 17.5 Å². The summed E-state index contributed by atoms with van der Waals surface area (Å²) in [6.45, 7) is 19.1. The Hall–Kier alpha value is -6.65. The summed E-state index contributed by atoms with van der Waals surface area (Å²) in [7, 11) is 0. The van der Waals surface area contributed by atoms with Gasteiger partial charge in [0.15, 0.2) is 17.5 Å². The van der Waals surface area contributed by atoms with Crippen LogP contribution in [0.25, 0.3) is 83.9 Å². The Morgan fingerprint density at radius 1 is 0.328 bits per heavy atom. The van der Waals surface area contributed by atoms with Crippen molar-refractivity contribution in [2.45, 2.75) is 77.0 Å². The molecule has 0 N–H and O–H groups in total. The van der Waals surface area contributed by atoms with Gasteiger partial charge in [-0.05, 0) is 103 Å². The molecule has 2 aliphatic carbocycles. The molecular weight excluding hydrogens is 741 g/mol. The van der Waals surface area contributed by atoms with Crippen LogP contribution in [0.5, 0.6) is 0 Å². The summed E-state index contributed by atoms with van der Waals surface area (Å²) in [5.41, 5.74) is 16.6. The van der Waals surface area contributed by atoms with Crippen molar-refractivity contribution in [1.29, 1.82) is 0 Å². The lowest BCUT2D eigenvalue weighted by Crippen LogP contribution is -2.43. The van der Waals surface area contributed by atoms with E-state index in [9.17, 15) is 0 Å². The van der Waals surface area contributed by atoms with Crippen LogP contribution in [0.4, 0.5) is 0 Å². The first-order valence-electron chi connectivity index (χ1n) is 21.6. The van der Waals surface area contributed by atoms with Gasteiger partial charge in [-0.15, -0.1) is 0 Å². The number of hydrogen-bond acceptors (Lipinski definition) is 3. The number of nitrogens with zero attached hydrogens (tertiary/aromatic N) is 4. The number of rotatable bonds is 4. The molecule has 11 rings (SSSR count). The van der Waals surface area contributed by atoms with Crippen molar-refractivity contribution < 1.29 is 0 Å². The topological polar surface area (TPSA) is 43.6 Å². The monoisotopic (exact) mass is 790 g/mol. The SMILES string of the molecule is CC1(C)c2ccccc2-c2ccc(-c3nc(-c4ccccc4)nc(-c4cccc(-n5c6ccccc6c6cc7c(cc65)-c5ccccc5C(C)(C)C7(C)C)c4)n3)cc2C1(C)C. The van der Waals surface area contributed by atoms with Gasteiger partial charge in [-0.2, -0.15) is 0 Å². The first kappa shape index (κ1) is 37.4. The molecule has 7 aromatic carbocycles. The van der Waals surface area contributed by atoms with Crippen molar-refractivity contribution in [3.8, 4) is 62.1 Å². The highest BCUT2D eigenvalue weighted by Crippen LogP contribution is 2.56. The third-order valence-corrected chi connectivity index (χ3v) is 15.4. The van der Waals surface area contributed by atoms with Crippen LogP contribution in [-0.4, -0.2) is 19.5 Å². The molecule has 0 atom stereocenters. The lowest BCUT2D eigenvalue weighted by Gasteiger charge is -2.48. The van der Waals surface area contributed by atoms with E-state index < -0.39 is 0 Å². The number of aromatic nitrogens is 4. The summed E-state index contributed by atoms with van der Waals surface area (Å²) >= 11 is 0. The lowest BCUT2D eigenvalue weighted by molar-refractivity contribution is 0.299. The molecule has 2 heterocycles. The van der Waals surface area contributed by atoms with Crippen molar-refractivity contribution in [1.82, 2.24) is 19.5 Å². The van der Waals surface area contributed by atoms with E-state index in [1.807, 2.05) is 18.2 Å². The summed E-state index contributed by atoms with van der Waals surface area (Å²) in [4.78, 5) is 15.7. The van der Waals surface area contributed by atoms with Gasteiger partial charge in [-0.3, -0.25) is 0 Å². The summed E-state index contributed by atoms with van der Waals surface area (Å²) in [5.74, 6) is 1.96.